The number of nitrogens with zero attached hydrogens (tertiary/aromatic N) is 2. The fraction of sp³-hybridized carbons (Fsp3) is 0.429. The van der Waals surface area contributed by atoms with Gasteiger partial charge >= 0.3 is 0 Å². The van der Waals surface area contributed by atoms with Crippen LogP contribution in [0.5, 0.6) is 0 Å². The van der Waals surface area contributed by atoms with E-state index in [1.165, 1.54) is 25.7 Å². The van der Waals surface area contributed by atoms with Crippen LogP contribution in [0.2, 0.25) is 0 Å². The van der Waals surface area contributed by atoms with E-state index in [4.69, 9.17) is 4.99 Å². The quantitative estimate of drug-likeness (QED) is 0.702. The molecule has 2 atom stereocenters. The molecule has 2 aliphatic rings. The summed E-state index contributed by atoms with van der Waals surface area (Å²) in [6.45, 7) is 0. The zero-order chi connectivity index (χ0) is 10.8. The van der Waals surface area contributed by atoms with Crippen molar-refractivity contribution in [3.05, 3.63) is 42.2 Å². The lowest BCUT2D eigenvalue weighted by atomic mass is 9.82. The Balaban J connectivity index is 1.88. The second kappa shape index (κ2) is 4.20. The molecule has 3 rings (SSSR count). The smallest absolute Gasteiger partial charge is 0.0662 e. The summed E-state index contributed by atoms with van der Waals surface area (Å²) in [5, 5.41) is 0. The van der Waals surface area contributed by atoms with Crippen molar-refractivity contribution in [2.75, 3.05) is 0 Å². The van der Waals surface area contributed by atoms with E-state index in [1.807, 2.05) is 12.3 Å². The van der Waals surface area contributed by atoms with Crippen LogP contribution < -0.4 is 0 Å². The Labute approximate surface area is 96.1 Å². The summed E-state index contributed by atoms with van der Waals surface area (Å²) in [7, 11) is 0. The van der Waals surface area contributed by atoms with Crippen LogP contribution in [0.15, 0.2) is 41.7 Å². The number of hydrogen-bond donors (Lipinski definition) is 0. The van der Waals surface area contributed by atoms with Crippen molar-refractivity contribution in [2.24, 2.45) is 10.9 Å². The lowest BCUT2D eigenvalue weighted by Crippen LogP contribution is -2.25. The molecule has 82 valence electrons. The molecule has 16 heavy (non-hydrogen) atoms. The fourth-order valence-electron chi connectivity index (χ4n) is 2.65. The predicted octanol–water partition coefficient (Wildman–Crippen LogP) is 3.00. The van der Waals surface area contributed by atoms with Gasteiger partial charge in [0, 0.05) is 18.0 Å². The van der Waals surface area contributed by atoms with Gasteiger partial charge in [0.05, 0.1) is 11.8 Å². The molecule has 0 unspecified atom stereocenters. The van der Waals surface area contributed by atoms with E-state index in [2.05, 4.69) is 23.2 Å². The number of dihydropyridines is 1. The number of fused-ring (bicyclic) bond motifs is 1. The van der Waals surface area contributed by atoms with Gasteiger partial charge in [-0.05, 0) is 37.0 Å². The minimum absolute atomic E-state index is 0.522. The third-order valence-electron chi connectivity index (χ3n) is 3.55. The van der Waals surface area contributed by atoms with Crippen LogP contribution in [0.4, 0.5) is 0 Å². The number of hydrogen-bond acceptors (Lipinski definition) is 2. The molecule has 1 fully saturated rings. The third kappa shape index (κ3) is 1.80. The summed E-state index contributed by atoms with van der Waals surface area (Å²) in [5.74, 6) is 0.689. The fourth-order valence-corrected chi connectivity index (χ4v) is 2.65. The summed E-state index contributed by atoms with van der Waals surface area (Å²) >= 11 is 0. The zero-order valence-electron chi connectivity index (χ0n) is 9.34. The van der Waals surface area contributed by atoms with Crippen molar-refractivity contribution < 1.29 is 0 Å². The van der Waals surface area contributed by atoms with Crippen molar-refractivity contribution in [3.63, 3.8) is 0 Å². The summed E-state index contributed by atoms with van der Waals surface area (Å²) < 4.78 is 0. The Morgan fingerprint density at radius 1 is 1.19 bits per heavy atom. The van der Waals surface area contributed by atoms with Gasteiger partial charge in [-0.1, -0.05) is 18.9 Å². The number of pyridine rings is 1. The van der Waals surface area contributed by atoms with Crippen LogP contribution in [0.3, 0.4) is 0 Å². The highest BCUT2D eigenvalue weighted by Crippen LogP contribution is 2.30. The van der Waals surface area contributed by atoms with Crippen LogP contribution in [0.25, 0.3) is 0 Å². The molecule has 2 nitrogen and oxygen atoms in total. The Morgan fingerprint density at radius 3 is 3.00 bits per heavy atom. The molecule has 1 aromatic rings. The lowest BCUT2D eigenvalue weighted by molar-refractivity contribution is 0.361. The molecule has 1 aromatic heterocycles. The minimum atomic E-state index is 0.522. The van der Waals surface area contributed by atoms with Crippen molar-refractivity contribution in [2.45, 2.75) is 31.7 Å². The van der Waals surface area contributed by atoms with Gasteiger partial charge in [0.1, 0.15) is 0 Å². The standard InChI is InChI=1S/C14H16N2/c1-2-6-13-11(4-1)7-8-14(16-13)12-5-3-9-15-10-12/h3,5,7-11,13H,1-2,4,6H2/t11-,13-/m1/s1. The topological polar surface area (TPSA) is 25.2 Å². The molecule has 0 amide bonds. The van der Waals surface area contributed by atoms with Crippen molar-refractivity contribution in [1.82, 2.24) is 4.98 Å². The Morgan fingerprint density at radius 2 is 2.12 bits per heavy atom. The molecule has 1 aliphatic carbocycles. The molecule has 0 saturated heterocycles. The summed E-state index contributed by atoms with van der Waals surface area (Å²) in [4.78, 5) is 9.01. The normalized spacial score (nSPS) is 28.4. The second-order valence-corrected chi connectivity index (χ2v) is 4.63. The minimum Gasteiger partial charge on any atom is -0.281 e. The van der Waals surface area contributed by atoms with Gasteiger partial charge in [-0.3, -0.25) is 9.98 Å². The highest BCUT2D eigenvalue weighted by atomic mass is 14.8. The highest BCUT2D eigenvalue weighted by molar-refractivity contribution is 6.09. The third-order valence-corrected chi connectivity index (χ3v) is 3.55. The molecule has 0 aromatic carbocycles. The molecule has 2 heteroatoms. The lowest BCUT2D eigenvalue weighted by Gasteiger charge is -2.29. The van der Waals surface area contributed by atoms with E-state index in [0.29, 0.717) is 12.0 Å². The Hall–Kier alpha value is -1.44. The first-order valence-corrected chi connectivity index (χ1v) is 6.10. The van der Waals surface area contributed by atoms with Crippen LogP contribution >= 0.6 is 0 Å². The average molecular weight is 212 g/mol. The Bertz CT molecular complexity index is 420. The maximum atomic E-state index is 4.86. The van der Waals surface area contributed by atoms with Gasteiger partial charge in [-0.25, -0.2) is 0 Å². The molecule has 0 spiro atoms. The van der Waals surface area contributed by atoms with E-state index in [0.717, 1.165) is 11.3 Å². The van der Waals surface area contributed by atoms with E-state index in [9.17, 15) is 0 Å². The van der Waals surface area contributed by atoms with Gasteiger partial charge in [-0.2, -0.15) is 0 Å². The first kappa shape index (κ1) is 9.76. The van der Waals surface area contributed by atoms with Gasteiger partial charge in [0.2, 0.25) is 0 Å². The largest absolute Gasteiger partial charge is 0.281 e. The number of allylic oxidation sites excluding steroid dienone is 1. The summed E-state index contributed by atoms with van der Waals surface area (Å²) in [5.41, 5.74) is 2.25. The molecule has 0 bridgehead atoms. The highest BCUT2D eigenvalue weighted by Gasteiger charge is 2.25. The van der Waals surface area contributed by atoms with E-state index in [1.54, 1.807) is 6.20 Å². The van der Waals surface area contributed by atoms with Gasteiger partial charge in [-0.15, -0.1) is 0 Å². The van der Waals surface area contributed by atoms with E-state index >= 15 is 0 Å². The Kier molecular flexibility index (Phi) is 2.56. The average Bonchev–Trinajstić information content (AvgIpc) is 2.39. The molecule has 1 saturated carbocycles. The maximum absolute atomic E-state index is 4.86. The predicted molar refractivity (Wildman–Crippen MR) is 65.7 cm³/mol. The molecule has 1 aliphatic heterocycles. The molecular weight excluding hydrogens is 196 g/mol. The van der Waals surface area contributed by atoms with Crippen LogP contribution in [0, 0.1) is 5.92 Å². The molecule has 0 radical (unpaired) electrons. The zero-order valence-corrected chi connectivity index (χ0v) is 9.34. The summed E-state index contributed by atoms with van der Waals surface area (Å²) in [6.07, 6.45) is 13.5. The van der Waals surface area contributed by atoms with Crippen molar-refractivity contribution in [1.29, 1.82) is 0 Å². The molecule has 0 N–H and O–H groups in total. The van der Waals surface area contributed by atoms with Crippen LogP contribution in [0.1, 0.15) is 31.2 Å². The van der Waals surface area contributed by atoms with E-state index in [-0.39, 0.29) is 0 Å². The first-order valence-electron chi connectivity index (χ1n) is 6.10. The van der Waals surface area contributed by atoms with Crippen molar-refractivity contribution >= 4 is 5.71 Å². The van der Waals surface area contributed by atoms with Gasteiger partial charge in [0.25, 0.3) is 0 Å². The molecular formula is C14H16N2. The van der Waals surface area contributed by atoms with E-state index < -0.39 is 0 Å². The number of rotatable bonds is 1. The van der Waals surface area contributed by atoms with Crippen LogP contribution in [-0.2, 0) is 0 Å². The SMILES string of the molecule is C1=C[C@H]2CCCC[C@H]2N=C1c1cccnc1. The first-order chi connectivity index (χ1) is 7.93. The number of aromatic nitrogens is 1. The summed E-state index contributed by atoms with van der Waals surface area (Å²) in [6, 6.07) is 4.58. The second-order valence-electron chi connectivity index (χ2n) is 4.63. The van der Waals surface area contributed by atoms with Crippen LogP contribution in [-0.4, -0.2) is 16.7 Å². The van der Waals surface area contributed by atoms with Gasteiger partial charge < -0.3 is 0 Å². The van der Waals surface area contributed by atoms with Crippen molar-refractivity contribution in [3.8, 4) is 0 Å². The monoisotopic (exact) mass is 212 g/mol. The maximum Gasteiger partial charge on any atom is 0.0662 e. The number of aliphatic imine (C=N–C) groups is 1. The molecule has 2 heterocycles. The van der Waals surface area contributed by atoms with Gasteiger partial charge in [0.15, 0.2) is 0 Å².